The number of unbranched alkanes of at least 4 members (excludes halogenated alkanes) is 4. The maximum Gasteiger partial charge on any atom is 0.0872 e. The summed E-state index contributed by atoms with van der Waals surface area (Å²) in [6.45, 7) is 9.25. The van der Waals surface area contributed by atoms with Crippen LogP contribution in [0.25, 0.3) is 0 Å². The molecule has 0 aromatic rings. The molecule has 1 saturated heterocycles. The zero-order valence-electron chi connectivity index (χ0n) is 15.2. The van der Waals surface area contributed by atoms with Crippen LogP contribution in [0, 0.1) is 11.8 Å². The molecule has 0 radical (unpaired) electrons. The smallest absolute Gasteiger partial charge is 0.0872 e. The van der Waals surface area contributed by atoms with Gasteiger partial charge in [0, 0.05) is 0 Å². The fourth-order valence-corrected chi connectivity index (χ4v) is 3.71. The van der Waals surface area contributed by atoms with E-state index in [0.29, 0.717) is 12.2 Å². The van der Waals surface area contributed by atoms with E-state index in [1.165, 1.54) is 77.0 Å². The molecule has 0 saturated carbocycles. The van der Waals surface area contributed by atoms with Crippen molar-refractivity contribution in [3.05, 3.63) is 0 Å². The lowest BCUT2D eigenvalue weighted by atomic mass is 9.85. The molecule has 1 nitrogen and oxygen atoms in total. The highest BCUT2D eigenvalue weighted by Crippen LogP contribution is 2.42. The molecule has 0 spiro atoms. The largest absolute Gasteiger partial charge is 0.369 e. The predicted molar refractivity (Wildman–Crippen MR) is 93.7 cm³/mol. The zero-order valence-corrected chi connectivity index (χ0v) is 15.2. The van der Waals surface area contributed by atoms with E-state index in [1.54, 1.807) is 0 Å². The van der Waals surface area contributed by atoms with Crippen LogP contribution in [0.3, 0.4) is 0 Å². The summed E-state index contributed by atoms with van der Waals surface area (Å²) in [6.07, 6.45) is 17.7. The number of rotatable bonds is 14. The SMILES string of the molecule is CCCCC(CCCC)C1OC1C(CCCC)CCCC. The van der Waals surface area contributed by atoms with Gasteiger partial charge in [-0.25, -0.2) is 0 Å². The molecule has 0 aromatic carbocycles. The van der Waals surface area contributed by atoms with E-state index in [0.717, 1.165) is 11.8 Å². The lowest BCUT2D eigenvalue weighted by molar-refractivity contribution is 0.262. The third-order valence-electron chi connectivity index (χ3n) is 5.20. The molecule has 0 bridgehead atoms. The summed E-state index contributed by atoms with van der Waals surface area (Å²) in [5, 5.41) is 0. The first-order valence-corrected chi connectivity index (χ1v) is 9.93. The predicted octanol–water partition coefficient (Wildman–Crippen LogP) is 6.75. The van der Waals surface area contributed by atoms with Crippen molar-refractivity contribution in [3.8, 4) is 0 Å². The zero-order chi connectivity index (χ0) is 15.5. The minimum atomic E-state index is 0.613. The van der Waals surface area contributed by atoms with Crippen molar-refractivity contribution >= 4 is 0 Å². The molecule has 126 valence electrons. The van der Waals surface area contributed by atoms with E-state index in [1.807, 2.05) is 0 Å². The van der Waals surface area contributed by atoms with Crippen LogP contribution < -0.4 is 0 Å². The van der Waals surface area contributed by atoms with Crippen LogP contribution in [0.1, 0.15) is 105 Å². The van der Waals surface area contributed by atoms with Crippen LogP contribution in [-0.4, -0.2) is 12.2 Å². The molecular weight excluding hydrogens is 256 g/mol. The first-order chi connectivity index (χ1) is 10.3. The Balaban J connectivity index is 2.45. The fraction of sp³-hybridized carbons (Fsp3) is 1.00. The molecule has 21 heavy (non-hydrogen) atoms. The van der Waals surface area contributed by atoms with Crippen molar-refractivity contribution in [2.24, 2.45) is 11.8 Å². The van der Waals surface area contributed by atoms with Crippen molar-refractivity contribution < 1.29 is 4.74 Å². The van der Waals surface area contributed by atoms with Gasteiger partial charge in [-0.3, -0.25) is 0 Å². The Morgan fingerprint density at radius 2 is 0.857 bits per heavy atom. The second-order valence-electron chi connectivity index (χ2n) is 7.15. The summed E-state index contributed by atoms with van der Waals surface area (Å²) < 4.78 is 6.23. The van der Waals surface area contributed by atoms with Crippen LogP contribution in [-0.2, 0) is 4.74 Å². The van der Waals surface area contributed by atoms with Crippen LogP contribution >= 0.6 is 0 Å². The summed E-state index contributed by atoms with van der Waals surface area (Å²) in [7, 11) is 0. The molecule has 1 heterocycles. The maximum atomic E-state index is 6.23. The summed E-state index contributed by atoms with van der Waals surface area (Å²) in [6, 6.07) is 0. The second kappa shape index (κ2) is 11.5. The van der Waals surface area contributed by atoms with Gasteiger partial charge < -0.3 is 4.74 Å². The van der Waals surface area contributed by atoms with Crippen molar-refractivity contribution in [3.63, 3.8) is 0 Å². The summed E-state index contributed by atoms with van der Waals surface area (Å²) >= 11 is 0. The van der Waals surface area contributed by atoms with E-state index in [2.05, 4.69) is 27.7 Å². The monoisotopic (exact) mass is 296 g/mol. The van der Waals surface area contributed by atoms with Gasteiger partial charge in [-0.05, 0) is 37.5 Å². The standard InChI is InChI=1S/C20H40O/c1-5-9-13-17(14-10-6-2)19-20(21-19)18(15-11-7-3)16-12-8-4/h17-20H,5-16H2,1-4H3. The van der Waals surface area contributed by atoms with Crippen molar-refractivity contribution in [1.82, 2.24) is 0 Å². The van der Waals surface area contributed by atoms with Crippen molar-refractivity contribution in [2.75, 3.05) is 0 Å². The van der Waals surface area contributed by atoms with Gasteiger partial charge in [-0.15, -0.1) is 0 Å². The molecule has 0 aromatic heterocycles. The molecule has 1 rings (SSSR count). The van der Waals surface area contributed by atoms with Crippen LogP contribution in [0.2, 0.25) is 0 Å². The van der Waals surface area contributed by atoms with Gasteiger partial charge in [0.2, 0.25) is 0 Å². The van der Waals surface area contributed by atoms with Crippen LogP contribution in [0.15, 0.2) is 0 Å². The van der Waals surface area contributed by atoms with E-state index in [-0.39, 0.29) is 0 Å². The van der Waals surface area contributed by atoms with E-state index in [9.17, 15) is 0 Å². The number of hydrogen-bond acceptors (Lipinski definition) is 1. The van der Waals surface area contributed by atoms with Gasteiger partial charge in [0.05, 0.1) is 12.2 Å². The fourth-order valence-electron chi connectivity index (χ4n) is 3.71. The van der Waals surface area contributed by atoms with Gasteiger partial charge in [0.15, 0.2) is 0 Å². The van der Waals surface area contributed by atoms with Gasteiger partial charge >= 0.3 is 0 Å². The van der Waals surface area contributed by atoms with Gasteiger partial charge in [-0.2, -0.15) is 0 Å². The van der Waals surface area contributed by atoms with Gasteiger partial charge in [-0.1, -0.05) is 79.1 Å². The minimum absolute atomic E-state index is 0.613. The average Bonchev–Trinajstić information content (AvgIpc) is 3.28. The third-order valence-corrected chi connectivity index (χ3v) is 5.20. The summed E-state index contributed by atoms with van der Waals surface area (Å²) in [4.78, 5) is 0. The Kier molecular flexibility index (Phi) is 10.4. The Labute approximate surface area is 134 Å². The van der Waals surface area contributed by atoms with Gasteiger partial charge in [0.1, 0.15) is 0 Å². The summed E-state index contributed by atoms with van der Waals surface area (Å²) in [5.74, 6) is 1.70. The first kappa shape index (κ1) is 19.0. The highest BCUT2D eigenvalue weighted by atomic mass is 16.6. The molecule has 0 amide bonds. The second-order valence-corrected chi connectivity index (χ2v) is 7.15. The Hall–Kier alpha value is -0.0400. The maximum absolute atomic E-state index is 6.23. The normalized spacial score (nSPS) is 21.4. The lowest BCUT2D eigenvalue weighted by Crippen LogP contribution is -2.17. The van der Waals surface area contributed by atoms with Crippen LogP contribution in [0.4, 0.5) is 0 Å². The minimum Gasteiger partial charge on any atom is -0.369 e. The number of hydrogen-bond donors (Lipinski definition) is 0. The van der Waals surface area contributed by atoms with Crippen LogP contribution in [0.5, 0.6) is 0 Å². The number of ether oxygens (including phenoxy) is 1. The van der Waals surface area contributed by atoms with E-state index < -0.39 is 0 Å². The molecule has 0 N–H and O–H groups in total. The topological polar surface area (TPSA) is 12.5 Å². The average molecular weight is 297 g/mol. The number of epoxide rings is 1. The highest BCUT2D eigenvalue weighted by Gasteiger charge is 2.47. The van der Waals surface area contributed by atoms with E-state index in [4.69, 9.17) is 4.74 Å². The molecule has 1 aliphatic heterocycles. The molecule has 2 atom stereocenters. The molecule has 0 aliphatic carbocycles. The quantitative estimate of drug-likeness (QED) is 0.323. The van der Waals surface area contributed by atoms with Gasteiger partial charge in [0.25, 0.3) is 0 Å². The van der Waals surface area contributed by atoms with Crippen molar-refractivity contribution in [2.45, 2.75) is 117 Å². The third kappa shape index (κ3) is 7.17. The Morgan fingerprint density at radius 1 is 0.571 bits per heavy atom. The molecule has 1 fully saturated rings. The van der Waals surface area contributed by atoms with E-state index >= 15 is 0 Å². The summed E-state index contributed by atoms with van der Waals surface area (Å²) in [5.41, 5.74) is 0. The lowest BCUT2D eigenvalue weighted by Gasteiger charge is -2.17. The molecule has 2 unspecified atom stereocenters. The van der Waals surface area contributed by atoms with Crippen molar-refractivity contribution in [1.29, 1.82) is 0 Å². The highest BCUT2D eigenvalue weighted by molar-refractivity contribution is 4.94. The Bertz CT molecular complexity index is 198. The molecule has 1 aliphatic rings. The molecular formula is C20H40O. The first-order valence-electron chi connectivity index (χ1n) is 9.93. The molecule has 1 heteroatoms. The Morgan fingerprint density at radius 3 is 1.10 bits per heavy atom.